The predicted octanol–water partition coefficient (Wildman–Crippen LogP) is 4.16. The number of nitrogens with zero attached hydrogens (tertiary/aromatic N) is 1. The van der Waals surface area contributed by atoms with E-state index in [2.05, 4.69) is 5.32 Å². The lowest BCUT2D eigenvalue weighted by atomic mass is 10.1. The van der Waals surface area contributed by atoms with Crippen LogP contribution in [0.5, 0.6) is 0 Å². The number of hydrogen-bond donors (Lipinski definition) is 1. The van der Waals surface area contributed by atoms with E-state index in [0.29, 0.717) is 18.0 Å². The normalized spacial score (nSPS) is 11.3. The highest BCUT2D eigenvalue weighted by molar-refractivity contribution is 7.92. The van der Waals surface area contributed by atoms with Gasteiger partial charge >= 0.3 is 0 Å². The molecule has 2 rings (SSSR count). The summed E-state index contributed by atoms with van der Waals surface area (Å²) in [5, 5.41) is 3.69. The Labute approximate surface area is 174 Å². The van der Waals surface area contributed by atoms with Crippen LogP contribution < -0.4 is 9.62 Å². The molecule has 9 heteroatoms. The van der Waals surface area contributed by atoms with Crippen molar-refractivity contribution in [1.29, 1.82) is 0 Å². The molecule has 0 spiro atoms. The summed E-state index contributed by atoms with van der Waals surface area (Å²) in [6.45, 7) is 0.0438. The van der Waals surface area contributed by atoms with Gasteiger partial charge in [0, 0.05) is 11.6 Å². The molecule has 0 unspecified atom stereocenters. The van der Waals surface area contributed by atoms with Crippen LogP contribution in [0.4, 0.5) is 5.69 Å². The third-order valence-corrected chi connectivity index (χ3v) is 5.95. The fourth-order valence-corrected chi connectivity index (χ4v) is 3.86. The maximum atomic E-state index is 12.2. The molecule has 0 bridgehead atoms. The Bertz CT molecular complexity index is 903. The molecule has 0 saturated heterocycles. The lowest BCUT2D eigenvalue weighted by Gasteiger charge is -2.23. The van der Waals surface area contributed by atoms with Gasteiger partial charge in [0.2, 0.25) is 15.9 Å². The zero-order valence-corrected chi connectivity index (χ0v) is 17.7. The highest BCUT2D eigenvalue weighted by atomic mass is 35.5. The van der Waals surface area contributed by atoms with Crippen LogP contribution in [-0.2, 0) is 21.2 Å². The molecule has 0 fully saturated rings. The van der Waals surface area contributed by atoms with Crippen LogP contribution in [0.1, 0.15) is 12.0 Å². The molecule has 5 nitrogen and oxygen atoms in total. The second-order valence-corrected chi connectivity index (χ2v) is 9.05. The Morgan fingerprint density at radius 1 is 1.07 bits per heavy atom. The van der Waals surface area contributed by atoms with Crippen molar-refractivity contribution < 1.29 is 13.2 Å². The van der Waals surface area contributed by atoms with E-state index in [1.54, 1.807) is 12.1 Å². The second kappa shape index (κ2) is 9.64. The molecule has 0 aliphatic heterocycles. The third kappa shape index (κ3) is 6.57. The highest BCUT2D eigenvalue weighted by Crippen LogP contribution is 2.33. The van der Waals surface area contributed by atoms with Crippen LogP contribution in [-0.4, -0.2) is 33.7 Å². The molecule has 0 saturated carbocycles. The number of rotatable bonds is 8. The van der Waals surface area contributed by atoms with Crippen LogP contribution in [0.3, 0.4) is 0 Å². The molecule has 0 aliphatic rings. The van der Waals surface area contributed by atoms with Gasteiger partial charge in [-0.2, -0.15) is 0 Å². The quantitative estimate of drug-likeness (QED) is 0.615. The largest absolute Gasteiger partial charge is 0.355 e. The summed E-state index contributed by atoms with van der Waals surface area (Å²) < 4.78 is 25.2. The van der Waals surface area contributed by atoms with Crippen molar-refractivity contribution in [3.8, 4) is 0 Å². The number of nitrogens with one attached hydrogen (secondary N) is 1. The first kappa shape index (κ1) is 21.8. The van der Waals surface area contributed by atoms with E-state index in [1.807, 2.05) is 24.3 Å². The maximum absolute atomic E-state index is 12.2. The van der Waals surface area contributed by atoms with Crippen molar-refractivity contribution in [2.24, 2.45) is 0 Å². The average Bonchev–Trinajstić information content (AvgIpc) is 2.60. The Morgan fingerprint density at radius 2 is 1.74 bits per heavy atom. The number of carbonyl (C=O) groups is 1. The van der Waals surface area contributed by atoms with E-state index < -0.39 is 15.9 Å². The predicted molar refractivity (Wildman–Crippen MR) is 111 cm³/mol. The molecule has 2 aromatic carbocycles. The summed E-state index contributed by atoms with van der Waals surface area (Å²) in [7, 11) is -3.71. The molecule has 0 aliphatic carbocycles. The molecule has 146 valence electrons. The van der Waals surface area contributed by atoms with E-state index in [-0.39, 0.29) is 22.3 Å². The van der Waals surface area contributed by atoms with Gasteiger partial charge in [-0.1, -0.05) is 53.0 Å². The minimum absolute atomic E-state index is 0.0835. The topological polar surface area (TPSA) is 66.5 Å². The summed E-state index contributed by atoms with van der Waals surface area (Å²) >= 11 is 17.9. The minimum Gasteiger partial charge on any atom is -0.355 e. The Morgan fingerprint density at radius 3 is 2.37 bits per heavy atom. The number of anilines is 1. The molecule has 0 aromatic heterocycles. The van der Waals surface area contributed by atoms with E-state index in [1.165, 1.54) is 6.07 Å². The van der Waals surface area contributed by atoms with Crippen molar-refractivity contribution >= 4 is 56.4 Å². The smallest absolute Gasteiger partial charge is 0.240 e. The number of amides is 1. The van der Waals surface area contributed by atoms with Crippen LogP contribution in [0.25, 0.3) is 0 Å². The number of hydrogen-bond acceptors (Lipinski definition) is 3. The second-order valence-electron chi connectivity index (χ2n) is 5.92. The molecule has 1 N–H and O–H groups in total. The summed E-state index contributed by atoms with van der Waals surface area (Å²) in [6, 6.07) is 12.1. The van der Waals surface area contributed by atoms with Gasteiger partial charge in [-0.15, -0.1) is 0 Å². The Kier molecular flexibility index (Phi) is 7.79. The van der Waals surface area contributed by atoms with Gasteiger partial charge < -0.3 is 5.32 Å². The Hall–Kier alpha value is -1.47. The first-order valence-electron chi connectivity index (χ1n) is 8.11. The van der Waals surface area contributed by atoms with Gasteiger partial charge in [-0.3, -0.25) is 9.10 Å². The number of aryl methyl sites for hydroxylation is 1. The number of sulfonamides is 1. The maximum Gasteiger partial charge on any atom is 0.240 e. The van der Waals surface area contributed by atoms with Gasteiger partial charge in [0.1, 0.15) is 6.54 Å². The van der Waals surface area contributed by atoms with E-state index in [9.17, 15) is 13.2 Å². The average molecular weight is 450 g/mol. The highest BCUT2D eigenvalue weighted by Gasteiger charge is 2.23. The van der Waals surface area contributed by atoms with Crippen molar-refractivity contribution in [2.45, 2.75) is 12.8 Å². The van der Waals surface area contributed by atoms with Gasteiger partial charge in [0.05, 0.1) is 22.0 Å². The standard InChI is InChI=1S/C18H19Cl3N2O3S/c1-27(25,26)23(16-6-2-5-15(20)18(16)21)12-17(24)22-11-3-4-13-7-9-14(19)10-8-13/h2,5-10H,3-4,11-12H2,1H3,(H,22,24). The first-order valence-corrected chi connectivity index (χ1v) is 11.1. The van der Waals surface area contributed by atoms with Gasteiger partial charge in [-0.05, 0) is 42.7 Å². The first-order chi connectivity index (χ1) is 12.7. The third-order valence-electron chi connectivity index (χ3n) is 3.77. The van der Waals surface area contributed by atoms with Gasteiger partial charge in [0.15, 0.2) is 0 Å². The number of carbonyl (C=O) groups excluding carboxylic acids is 1. The lowest BCUT2D eigenvalue weighted by molar-refractivity contribution is -0.119. The van der Waals surface area contributed by atoms with E-state index >= 15 is 0 Å². The zero-order valence-electron chi connectivity index (χ0n) is 14.6. The van der Waals surface area contributed by atoms with E-state index in [0.717, 1.165) is 22.5 Å². The SMILES string of the molecule is CS(=O)(=O)N(CC(=O)NCCCc1ccc(Cl)cc1)c1cccc(Cl)c1Cl. The van der Waals surface area contributed by atoms with E-state index in [4.69, 9.17) is 34.8 Å². The fraction of sp³-hybridized carbons (Fsp3) is 0.278. The van der Waals surface area contributed by atoms with Crippen LogP contribution in [0, 0.1) is 0 Å². The molecular weight excluding hydrogens is 431 g/mol. The number of halogens is 3. The molecule has 0 atom stereocenters. The van der Waals surface area contributed by atoms with Crippen LogP contribution in [0.2, 0.25) is 15.1 Å². The van der Waals surface area contributed by atoms with Crippen molar-refractivity contribution in [1.82, 2.24) is 5.32 Å². The van der Waals surface area contributed by atoms with Crippen LogP contribution in [0.15, 0.2) is 42.5 Å². The van der Waals surface area contributed by atoms with Crippen molar-refractivity contribution in [3.05, 3.63) is 63.1 Å². The summed E-state index contributed by atoms with van der Waals surface area (Å²) in [5.74, 6) is -0.424. The zero-order chi connectivity index (χ0) is 20.0. The summed E-state index contributed by atoms with van der Waals surface area (Å²) in [6.07, 6.45) is 2.50. The molecule has 1 amide bonds. The molecule has 0 heterocycles. The van der Waals surface area contributed by atoms with Crippen LogP contribution >= 0.6 is 34.8 Å². The fourth-order valence-electron chi connectivity index (χ4n) is 2.42. The molecule has 0 radical (unpaired) electrons. The number of benzene rings is 2. The Balaban J connectivity index is 1.94. The summed E-state index contributed by atoms with van der Waals surface area (Å²) in [4.78, 5) is 12.2. The minimum atomic E-state index is -3.71. The summed E-state index contributed by atoms with van der Waals surface area (Å²) in [5.41, 5.74) is 1.28. The molecular formula is C18H19Cl3N2O3S. The van der Waals surface area contributed by atoms with Crippen molar-refractivity contribution in [3.63, 3.8) is 0 Å². The lowest BCUT2D eigenvalue weighted by Crippen LogP contribution is -2.40. The molecule has 2 aromatic rings. The molecule has 27 heavy (non-hydrogen) atoms. The van der Waals surface area contributed by atoms with Gasteiger partial charge in [0.25, 0.3) is 0 Å². The van der Waals surface area contributed by atoms with Crippen molar-refractivity contribution in [2.75, 3.05) is 23.7 Å². The van der Waals surface area contributed by atoms with Gasteiger partial charge in [-0.25, -0.2) is 8.42 Å². The monoisotopic (exact) mass is 448 g/mol.